The molecule has 1 rings (SSSR count). The zero-order chi connectivity index (χ0) is 8.97. The predicted molar refractivity (Wildman–Crippen MR) is 50.8 cm³/mol. The molecule has 0 fully saturated rings. The lowest BCUT2D eigenvalue weighted by Crippen LogP contribution is -2.14. The minimum absolute atomic E-state index is 0.216. The molecule has 0 aromatic carbocycles. The Kier molecular flexibility index (Phi) is 3.27. The normalized spacial score (nSPS) is 28.5. The summed E-state index contributed by atoms with van der Waals surface area (Å²) in [6, 6.07) is 0. The van der Waals surface area contributed by atoms with Crippen LogP contribution in [0.15, 0.2) is 24.3 Å². The zero-order valence-electron chi connectivity index (χ0n) is 7.79. The van der Waals surface area contributed by atoms with Crippen LogP contribution in [0.3, 0.4) is 0 Å². The third kappa shape index (κ3) is 2.07. The van der Waals surface area contributed by atoms with Crippen LogP contribution in [0.4, 0.5) is 0 Å². The fourth-order valence-corrected chi connectivity index (χ4v) is 1.60. The summed E-state index contributed by atoms with van der Waals surface area (Å²) in [6.45, 7) is 3.79. The van der Waals surface area contributed by atoms with Gasteiger partial charge in [-0.2, -0.15) is 0 Å². The molecule has 0 bridgehead atoms. The highest BCUT2D eigenvalue weighted by Crippen LogP contribution is 2.27. The third-order valence-electron chi connectivity index (χ3n) is 2.33. The Morgan fingerprint density at radius 1 is 1.67 bits per heavy atom. The lowest BCUT2D eigenvalue weighted by Gasteiger charge is -2.11. The zero-order valence-corrected chi connectivity index (χ0v) is 7.79. The maximum absolute atomic E-state index is 11.1. The Morgan fingerprint density at radius 3 is 3.00 bits per heavy atom. The monoisotopic (exact) mass is 164 g/mol. The first-order valence-electron chi connectivity index (χ1n) is 4.59. The van der Waals surface area contributed by atoms with Gasteiger partial charge in [0.2, 0.25) is 0 Å². The minimum atomic E-state index is 0.216. The summed E-state index contributed by atoms with van der Waals surface area (Å²) in [6.07, 6.45) is 10.5. The Bertz CT molecular complexity index is 213. The summed E-state index contributed by atoms with van der Waals surface area (Å²) in [7, 11) is 0. The van der Waals surface area contributed by atoms with Crippen molar-refractivity contribution in [2.75, 3.05) is 0 Å². The van der Waals surface area contributed by atoms with E-state index in [1.54, 1.807) is 6.92 Å². The van der Waals surface area contributed by atoms with E-state index in [0.29, 0.717) is 11.7 Å². The van der Waals surface area contributed by atoms with Crippen LogP contribution in [0.1, 0.15) is 26.7 Å². The lowest BCUT2D eigenvalue weighted by molar-refractivity contribution is -0.121. The van der Waals surface area contributed by atoms with Crippen molar-refractivity contribution < 1.29 is 4.79 Å². The van der Waals surface area contributed by atoms with E-state index >= 15 is 0 Å². The highest BCUT2D eigenvalue weighted by atomic mass is 16.1. The summed E-state index contributed by atoms with van der Waals surface area (Å²) in [5, 5.41) is 0. The largest absolute Gasteiger partial charge is 0.300 e. The van der Waals surface area contributed by atoms with Crippen molar-refractivity contribution in [1.29, 1.82) is 0 Å². The molecule has 12 heavy (non-hydrogen) atoms. The van der Waals surface area contributed by atoms with Gasteiger partial charge in [-0.05, 0) is 19.8 Å². The van der Waals surface area contributed by atoms with Gasteiger partial charge in [0.15, 0.2) is 0 Å². The van der Waals surface area contributed by atoms with Crippen molar-refractivity contribution in [3.8, 4) is 0 Å². The Balaban J connectivity index is 2.57. The number of ketones is 1. The molecule has 0 heterocycles. The molecule has 1 aliphatic carbocycles. The summed E-state index contributed by atoms with van der Waals surface area (Å²) in [5.74, 6) is 0.890. The average Bonchev–Trinajstić information content (AvgIpc) is 2.48. The van der Waals surface area contributed by atoms with Gasteiger partial charge in [-0.15, -0.1) is 0 Å². The van der Waals surface area contributed by atoms with Crippen LogP contribution in [-0.2, 0) is 4.79 Å². The number of hydrogen-bond donors (Lipinski definition) is 0. The van der Waals surface area contributed by atoms with Gasteiger partial charge in [0.05, 0.1) is 0 Å². The molecule has 0 saturated heterocycles. The quantitative estimate of drug-likeness (QED) is 0.586. The van der Waals surface area contributed by atoms with E-state index in [1.807, 2.05) is 0 Å². The molecule has 2 atom stereocenters. The van der Waals surface area contributed by atoms with E-state index in [2.05, 4.69) is 31.2 Å². The van der Waals surface area contributed by atoms with Gasteiger partial charge in [-0.3, -0.25) is 4.79 Å². The van der Waals surface area contributed by atoms with E-state index in [1.165, 1.54) is 0 Å². The fraction of sp³-hybridized carbons (Fsp3) is 0.545. The fourth-order valence-electron chi connectivity index (χ4n) is 1.60. The van der Waals surface area contributed by atoms with E-state index in [4.69, 9.17) is 0 Å². The standard InChI is InChI=1S/C11H16O/c1-3-4-6-10-7-5-8-11(10)9(2)12/h4-7,10-11H,3,8H2,1-2H3/b6-4-/t10-,11-/m0/s1. The van der Waals surface area contributed by atoms with Crippen LogP contribution >= 0.6 is 0 Å². The molecule has 1 nitrogen and oxygen atoms in total. The highest BCUT2D eigenvalue weighted by molar-refractivity contribution is 5.79. The van der Waals surface area contributed by atoms with Gasteiger partial charge >= 0.3 is 0 Å². The third-order valence-corrected chi connectivity index (χ3v) is 2.33. The first-order valence-corrected chi connectivity index (χ1v) is 4.59. The molecule has 0 N–H and O–H groups in total. The molecule has 1 heteroatoms. The number of Topliss-reactive ketones (excluding diaryl/α,β-unsaturated/α-hetero) is 1. The molecule has 0 aliphatic heterocycles. The molecule has 0 unspecified atom stereocenters. The second kappa shape index (κ2) is 4.24. The molecule has 0 aromatic rings. The topological polar surface area (TPSA) is 17.1 Å². The van der Waals surface area contributed by atoms with Crippen molar-refractivity contribution in [1.82, 2.24) is 0 Å². The summed E-state index contributed by atoms with van der Waals surface area (Å²) < 4.78 is 0. The second-order valence-electron chi connectivity index (χ2n) is 3.29. The van der Waals surface area contributed by atoms with E-state index in [0.717, 1.165) is 12.8 Å². The van der Waals surface area contributed by atoms with Crippen LogP contribution in [0, 0.1) is 11.8 Å². The summed E-state index contributed by atoms with van der Waals surface area (Å²) in [5.41, 5.74) is 0. The Labute approximate surface area is 74.2 Å². The maximum atomic E-state index is 11.1. The predicted octanol–water partition coefficient (Wildman–Crippen LogP) is 2.73. The van der Waals surface area contributed by atoms with Crippen LogP contribution in [0.2, 0.25) is 0 Å². The van der Waals surface area contributed by atoms with Crippen molar-refractivity contribution in [2.45, 2.75) is 26.7 Å². The first kappa shape index (κ1) is 9.24. The average molecular weight is 164 g/mol. The van der Waals surface area contributed by atoms with Crippen molar-refractivity contribution in [3.05, 3.63) is 24.3 Å². The van der Waals surface area contributed by atoms with Gasteiger partial charge in [0.1, 0.15) is 5.78 Å². The van der Waals surface area contributed by atoms with Gasteiger partial charge < -0.3 is 0 Å². The second-order valence-corrected chi connectivity index (χ2v) is 3.29. The van der Waals surface area contributed by atoms with E-state index < -0.39 is 0 Å². The molecular weight excluding hydrogens is 148 g/mol. The number of hydrogen-bond acceptors (Lipinski definition) is 1. The van der Waals surface area contributed by atoms with Crippen LogP contribution in [-0.4, -0.2) is 5.78 Å². The molecule has 1 aliphatic rings. The molecule has 0 saturated carbocycles. The van der Waals surface area contributed by atoms with Gasteiger partial charge in [0, 0.05) is 11.8 Å². The molecule has 0 radical (unpaired) electrons. The van der Waals surface area contributed by atoms with E-state index in [-0.39, 0.29) is 5.92 Å². The molecule has 0 amide bonds. The van der Waals surface area contributed by atoms with E-state index in [9.17, 15) is 4.79 Å². The Morgan fingerprint density at radius 2 is 2.42 bits per heavy atom. The van der Waals surface area contributed by atoms with Crippen LogP contribution in [0.5, 0.6) is 0 Å². The van der Waals surface area contributed by atoms with Crippen molar-refractivity contribution in [2.24, 2.45) is 11.8 Å². The Hall–Kier alpha value is -0.850. The number of carbonyl (C=O) groups excluding carboxylic acids is 1. The lowest BCUT2D eigenvalue weighted by atomic mass is 9.92. The molecule has 0 spiro atoms. The van der Waals surface area contributed by atoms with Crippen molar-refractivity contribution in [3.63, 3.8) is 0 Å². The molecular formula is C11H16O. The van der Waals surface area contributed by atoms with Crippen LogP contribution < -0.4 is 0 Å². The molecule has 0 aromatic heterocycles. The minimum Gasteiger partial charge on any atom is -0.300 e. The number of rotatable bonds is 3. The van der Waals surface area contributed by atoms with Crippen molar-refractivity contribution >= 4 is 5.78 Å². The van der Waals surface area contributed by atoms with Gasteiger partial charge in [-0.1, -0.05) is 31.2 Å². The molecule has 66 valence electrons. The van der Waals surface area contributed by atoms with Crippen LogP contribution in [0.25, 0.3) is 0 Å². The number of allylic oxidation sites excluding steroid dienone is 4. The smallest absolute Gasteiger partial charge is 0.134 e. The maximum Gasteiger partial charge on any atom is 0.134 e. The highest BCUT2D eigenvalue weighted by Gasteiger charge is 2.23. The van der Waals surface area contributed by atoms with Gasteiger partial charge in [0.25, 0.3) is 0 Å². The van der Waals surface area contributed by atoms with Gasteiger partial charge in [-0.25, -0.2) is 0 Å². The SMILES string of the molecule is CC/C=C\[C@H]1C=CC[C@H]1C(C)=O. The first-order chi connectivity index (χ1) is 5.75. The number of carbonyl (C=O) groups is 1. The summed E-state index contributed by atoms with van der Waals surface area (Å²) >= 11 is 0. The summed E-state index contributed by atoms with van der Waals surface area (Å²) in [4.78, 5) is 11.1.